The molecule has 0 radical (unpaired) electrons. The van der Waals surface area contributed by atoms with Gasteiger partial charge in [0.15, 0.2) is 11.9 Å². The fourth-order valence-corrected chi connectivity index (χ4v) is 3.93. The van der Waals surface area contributed by atoms with Gasteiger partial charge in [-0.1, -0.05) is 50.2 Å². The number of rotatable bonds is 2. The van der Waals surface area contributed by atoms with Gasteiger partial charge in [0, 0.05) is 11.6 Å². The van der Waals surface area contributed by atoms with Crippen molar-refractivity contribution in [1.82, 2.24) is 0 Å². The van der Waals surface area contributed by atoms with E-state index in [1.54, 1.807) is 0 Å². The first-order chi connectivity index (χ1) is 13.0. The van der Waals surface area contributed by atoms with Crippen LogP contribution in [0.3, 0.4) is 0 Å². The van der Waals surface area contributed by atoms with Crippen molar-refractivity contribution in [2.24, 2.45) is 7.05 Å². The van der Waals surface area contributed by atoms with Crippen LogP contribution < -0.4 is 4.57 Å². The van der Waals surface area contributed by atoms with E-state index < -0.39 is 0 Å². The summed E-state index contributed by atoms with van der Waals surface area (Å²) in [5.74, 6) is 0.503. The van der Waals surface area contributed by atoms with Crippen molar-refractivity contribution in [3.05, 3.63) is 83.3 Å². The van der Waals surface area contributed by atoms with E-state index in [4.69, 9.17) is 6.57 Å². The highest BCUT2D eigenvalue weighted by Gasteiger charge is 2.20. The van der Waals surface area contributed by atoms with E-state index in [0.29, 0.717) is 11.6 Å². The van der Waals surface area contributed by atoms with E-state index in [0.717, 1.165) is 22.0 Å². The molecule has 0 saturated carbocycles. The Hall–Kier alpha value is -3.18. The van der Waals surface area contributed by atoms with Gasteiger partial charge in [-0.05, 0) is 52.3 Å². The van der Waals surface area contributed by atoms with Crippen LogP contribution in [0, 0.1) is 13.5 Å². The fraction of sp³-hybridized carbons (Fsp3) is 0.200. The molecule has 0 aliphatic rings. The van der Waals surface area contributed by atoms with Gasteiger partial charge < -0.3 is 0 Å². The number of hydrogen-bond acceptors (Lipinski definition) is 0. The maximum absolute atomic E-state index is 7.67. The number of nitrogens with zero attached hydrogens (tertiary/aromatic N) is 2. The van der Waals surface area contributed by atoms with Gasteiger partial charge in [0.05, 0.1) is 12.0 Å². The number of benzene rings is 3. The van der Waals surface area contributed by atoms with Crippen LogP contribution in [-0.2, 0) is 7.05 Å². The Morgan fingerprint density at radius 1 is 0.926 bits per heavy atom. The van der Waals surface area contributed by atoms with Gasteiger partial charge in [-0.15, -0.1) is 0 Å². The summed E-state index contributed by atoms with van der Waals surface area (Å²) in [6.45, 7) is 14.3. The third-order valence-electron chi connectivity index (χ3n) is 5.50. The maximum atomic E-state index is 7.67. The second kappa shape index (κ2) is 6.52. The minimum atomic E-state index is 0.503. The second-order valence-electron chi connectivity index (χ2n) is 7.50. The molecule has 0 bridgehead atoms. The number of hydrogen-bond donors (Lipinski definition) is 0. The monoisotopic (exact) mass is 351 g/mol. The van der Waals surface area contributed by atoms with Gasteiger partial charge in [-0.25, -0.2) is 9.41 Å². The molecule has 132 valence electrons. The van der Waals surface area contributed by atoms with Crippen LogP contribution in [0.5, 0.6) is 0 Å². The minimum absolute atomic E-state index is 0.503. The molecule has 0 amide bonds. The molecule has 1 heterocycles. The van der Waals surface area contributed by atoms with E-state index in [9.17, 15) is 0 Å². The van der Waals surface area contributed by atoms with E-state index >= 15 is 0 Å². The second-order valence-corrected chi connectivity index (χ2v) is 7.50. The Kier molecular flexibility index (Phi) is 4.16. The first-order valence-corrected chi connectivity index (χ1v) is 9.33. The Bertz CT molecular complexity index is 1230. The van der Waals surface area contributed by atoms with Crippen LogP contribution in [0.4, 0.5) is 5.69 Å². The molecule has 4 aromatic rings. The molecule has 4 rings (SSSR count). The van der Waals surface area contributed by atoms with E-state index in [1.165, 1.54) is 21.9 Å². The molecule has 2 nitrogen and oxygen atoms in total. The van der Waals surface area contributed by atoms with Crippen LogP contribution >= 0.6 is 0 Å². The SMILES string of the molecule is [C-]#[N+]c1cc(-c2c3ccc(C(C)C)cc3cc[n+]2C)c(C)c2ccccc12. The van der Waals surface area contributed by atoms with Gasteiger partial charge in [0.1, 0.15) is 7.05 Å². The Balaban J connectivity index is 2.10. The van der Waals surface area contributed by atoms with Crippen LogP contribution in [0.25, 0.3) is 37.6 Å². The zero-order valence-corrected chi connectivity index (χ0v) is 16.2. The molecule has 0 spiro atoms. The molecular formula is C25H23N2+. The van der Waals surface area contributed by atoms with Crippen LogP contribution in [0.15, 0.2) is 60.8 Å². The highest BCUT2D eigenvalue weighted by atomic mass is 14.9. The van der Waals surface area contributed by atoms with Crippen LogP contribution in [0.1, 0.15) is 30.9 Å². The van der Waals surface area contributed by atoms with Crippen LogP contribution in [-0.4, -0.2) is 0 Å². The van der Waals surface area contributed by atoms with Crippen molar-refractivity contribution in [2.75, 3.05) is 0 Å². The normalized spacial score (nSPS) is 11.3. The summed E-state index contributed by atoms with van der Waals surface area (Å²) in [6.07, 6.45) is 2.12. The molecule has 0 aliphatic heterocycles. The molecule has 3 aromatic carbocycles. The third-order valence-corrected chi connectivity index (χ3v) is 5.50. The van der Waals surface area contributed by atoms with Crippen molar-refractivity contribution in [3.8, 4) is 11.3 Å². The summed E-state index contributed by atoms with van der Waals surface area (Å²) in [6, 6.07) is 19.2. The molecule has 1 aromatic heterocycles. The standard InChI is InChI=1S/C25H23N2/c1-16(2)18-10-11-21-19(14-18)12-13-27(5)25(21)23-15-24(26-4)22-9-7-6-8-20(22)17(23)3/h6-16H,1-3,5H3/q+1. The van der Waals surface area contributed by atoms with E-state index in [1.807, 2.05) is 18.2 Å². The van der Waals surface area contributed by atoms with Crippen molar-refractivity contribution in [1.29, 1.82) is 0 Å². The molecule has 0 unspecified atom stereocenters. The Labute approximate surface area is 160 Å². The average molecular weight is 351 g/mol. The van der Waals surface area contributed by atoms with E-state index in [2.05, 4.69) is 79.8 Å². The molecule has 0 fully saturated rings. The zero-order chi connectivity index (χ0) is 19.1. The molecule has 0 saturated heterocycles. The largest absolute Gasteiger partial charge is 0.237 e. The van der Waals surface area contributed by atoms with Gasteiger partial charge in [0.2, 0.25) is 5.69 Å². The Morgan fingerprint density at radius 2 is 1.67 bits per heavy atom. The summed E-state index contributed by atoms with van der Waals surface area (Å²) in [4.78, 5) is 3.81. The lowest BCUT2D eigenvalue weighted by atomic mass is 9.92. The molecular weight excluding hydrogens is 328 g/mol. The first-order valence-electron chi connectivity index (χ1n) is 9.33. The molecule has 0 atom stereocenters. The number of aryl methyl sites for hydroxylation is 2. The lowest BCUT2D eigenvalue weighted by Crippen LogP contribution is -2.30. The predicted molar refractivity (Wildman–Crippen MR) is 113 cm³/mol. The van der Waals surface area contributed by atoms with Gasteiger partial charge in [0.25, 0.3) is 0 Å². The lowest BCUT2D eigenvalue weighted by molar-refractivity contribution is -0.659. The Morgan fingerprint density at radius 3 is 2.37 bits per heavy atom. The topological polar surface area (TPSA) is 8.24 Å². The summed E-state index contributed by atoms with van der Waals surface area (Å²) in [7, 11) is 2.08. The maximum Gasteiger partial charge on any atom is 0.219 e. The lowest BCUT2D eigenvalue weighted by Gasteiger charge is -2.13. The average Bonchev–Trinajstić information content (AvgIpc) is 2.68. The molecule has 2 heteroatoms. The van der Waals surface area contributed by atoms with Crippen molar-refractivity contribution in [3.63, 3.8) is 0 Å². The summed E-state index contributed by atoms with van der Waals surface area (Å²) in [5, 5.41) is 4.64. The molecule has 27 heavy (non-hydrogen) atoms. The quantitative estimate of drug-likeness (QED) is 0.289. The molecule has 0 N–H and O–H groups in total. The molecule has 0 aliphatic carbocycles. The number of pyridine rings is 1. The summed E-state index contributed by atoms with van der Waals surface area (Å²) < 4.78 is 2.17. The van der Waals surface area contributed by atoms with Crippen molar-refractivity contribution >= 4 is 27.2 Å². The minimum Gasteiger partial charge on any atom is -0.237 e. The van der Waals surface area contributed by atoms with Gasteiger partial charge in [-0.3, -0.25) is 0 Å². The zero-order valence-electron chi connectivity index (χ0n) is 16.2. The first kappa shape index (κ1) is 17.2. The number of aromatic nitrogens is 1. The van der Waals surface area contributed by atoms with Crippen molar-refractivity contribution in [2.45, 2.75) is 26.7 Å². The van der Waals surface area contributed by atoms with Crippen LogP contribution in [0.2, 0.25) is 0 Å². The van der Waals surface area contributed by atoms with Crippen molar-refractivity contribution < 1.29 is 4.57 Å². The summed E-state index contributed by atoms with van der Waals surface area (Å²) in [5.41, 5.74) is 5.57. The summed E-state index contributed by atoms with van der Waals surface area (Å²) >= 11 is 0. The highest BCUT2D eigenvalue weighted by Crippen LogP contribution is 2.38. The number of fused-ring (bicyclic) bond motifs is 2. The van der Waals surface area contributed by atoms with Gasteiger partial charge >= 0.3 is 0 Å². The fourth-order valence-electron chi connectivity index (χ4n) is 3.93. The van der Waals surface area contributed by atoms with Gasteiger partial charge in [-0.2, -0.15) is 0 Å². The third kappa shape index (κ3) is 2.76. The van der Waals surface area contributed by atoms with E-state index in [-0.39, 0.29) is 0 Å². The predicted octanol–water partition coefficient (Wildman–Crippen LogP) is 6.47. The smallest absolute Gasteiger partial charge is 0.219 e. The highest BCUT2D eigenvalue weighted by molar-refractivity contribution is 6.03.